The Morgan fingerprint density at radius 3 is 2.67 bits per heavy atom. The van der Waals surface area contributed by atoms with Crippen LogP contribution >= 0.6 is 0 Å². The molecule has 21 heavy (non-hydrogen) atoms. The van der Waals surface area contributed by atoms with Crippen LogP contribution in [0.3, 0.4) is 0 Å². The maximum Gasteiger partial charge on any atom is 0.252 e. The van der Waals surface area contributed by atoms with Crippen LogP contribution < -0.4 is 10.6 Å². The van der Waals surface area contributed by atoms with Gasteiger partial charge in [0.05, 0.1) is 5.56 Å². The lowest BCUT2D eigenvalue weighted by atomic mass is 9.76. The summed E-state index contributed by atoms with van der Waals surface area (Å²) in [6, 6.07) is 3.70. The van der Waals surface area contributed by atoms with Crippen LogP contribution in [0.4, 0.5) is 5.82 Å². The number of nitrogens with zero attached hydrogens (tertiary/aromatic N) is 1. The highest BCUT2D eigenvalue weighted by Gasteiger charge is 2.27. The summed E-state index contributed by atoms with van der Waals surface area (Å²) >= 11 is 0. The molecular weight excluding hydrogens is 262 g/mol. The Hall–Kier alpha value is -1.58. The molecule has 0 radical (unpaired) electrons. The van der Waals surface area contributed by atoms with Crippen molar-refractivity contribution in [3.63, 3.8) is 0 Å². The Kier molecular flexibility index (Phi) is 5.59. The average molecular weight is 289 g/mol. The first-order valence-electron chi connectivity index (χ1n) is 8.11. The first kappa shape index (κ1) is 15.8. The highest BCUT2D eigenvalue weighted by atomic mass is 16.1. The summed E-state index contributed by atoms with van der Waals surface area (Å²) in [5, 5.41) is 6.28. The van der Waals surface area contributed by atoms with E-state index in [0.717, 1.165) is 25.3 Å². The van der Waals surface area contributed by atoms with E-state index >= 15 is 0 Å². The third-order valence-electron chi connectivity index (χ3n) is 4.32. The highest BCUT2D eigenvalue weighted by Crippen LogP contribution is 2.34. The maximum atomic E-state index is 12.2. The zero-order valence-corrected chi connectivity index (χ0v) is 13.2. The number of rotatable bonds is 6. The molecule has 4 heteroatoms. The molecule has 2 N–H and O–H groups in total. The molecule has 116 valence electrons. The van der Waals surface area contributed by atoms with E-state index in [0.29, 0.717) is 5.56 Å². The zero-order chi connectivity index (χ0) is 15.1. The summed E-state index contributed by atoms with van der Waals surface area (Å²) in [5.74, 6) is 0.809. The van der Waals surface area contributed by atoms with Crippen molar-refractivity contribution in [2.75, 3.05) is 18.4 Å². The Bertz CT molecular complexity index is 450. The second-order valence-corrected chi connectivity index (χ2v) is 6.41. The summed E-state index contributed by atoms with van der Waals surface area (Å²) in [7, 11) is 0. The quantitative estimate of drug-likeness (QED) is 0.841. The van der Waals surface area contributed by atoms with Crippen LogP contribution in [0.15, 0.2) is 18.3 Å². The third-order valence-corrected chi connectivity index (χ3v) is 4.32. The Labute approximate surface area is 127 Å². The van der Waals surface area contributed by atoms with Gasteiger partial charge in [-0.25, -0.2) is 4.98 Å². The van der Waals surface area contributed by atoms with Crippen molar-refractivity contribution >= 4 is 11.7 Å². The summed E-state index contributed by atoms with van der Waals surface area (Å²) in [4.78, 5) is 16.5. The molecule has 0 unspecified atom stereocenters. The number of pyridine rings is 1. The number of amides is 1. The molecule has 0 aromatic carbocycles. The first-order valence-corrected chi connectivity index (χ1v) is 8.11. The Morgan fingerprint density at radius 1 is 1.29 bits per heavy atom. The number of aromatic nitrogens is 1. The van der Waals surface area contributed by atoms with Crippen LogP contribution in [0.2, 0.25) is 0 Å². The summed E-state index contributed by atoms with van der Waals surface area (Å²) in [6.07, 6.45) is 9.03. The van der Waals surface area contributed by atoms with Gasteiger partial charge in [0.1, 0.15) is 5.82 Å². The van der Waals surface area contributed by atoms with Crippen molar-refractivity contribution in [3.05, 3.63) is 23.9 Å². The summed E-state index contributed by atoms with van der Waals surface area (Å²) in [6.45, 7) is 6.06. The largest absolute Gasteiger partial charge is 0.370 e. The van der Waals surface area contributed by atoms with E-state index in [4.69, 9.17) is 0 Å². The predicted molar refractivity (Wildman–Crippen MR) is 86.5 cm³/mol. The number of carbonyl (C=O) groups excluding carboxylic acids is 1. The summed E-state index contributed by atoms with van der Waals surface area (Å²) in [5.41, 5.74) is 0.903. The summed E-state index contributed by atoms with van der Waals surface area (Å²) < 4.78 is 0. The van der Waals surface area contributed by atoms with Crippen molar-refractivity contribution in [2.24, 2.45) is 5.41 Å². The van der Waals surface area contributed by atoms with E-state index in [9.17, 15) is 4.79 Å². The fourth-order valence-electron chi connectivity index (χ4n) is 2.86. The fraction of sp³-hybridized carbons (Fsp3) is 0.647. The Morgan fingerprint density at radius 2 is 2.05 bits per heavy atom. The van der Waals surface area contributed by atoms with Crippen molar-refractivity contribution < 1.29 is 4.79 Å². The standard InChI is InChI=1S/C17H27N3O/c1-3-11-18-15-8-7-14(12-19-15)16(21)20-13-17(2)9-5-4-6-10-17/h7-8,12H,3-6,9-11,13H2,1-2H3,(H,18,19)(H,20,21). The van der Waals surface area contributed by atoms with Gasteiger partial charge in [-0.2, -0.15) is 0 Å². The van der Waals surface area contributed by atoms with E-state index in [-0.39, 0.29) is 11.3 Å². The van der Waals surface area contributed by atoms with Crippen LogP contribution in [0.5, 0.6) is 0 Å². The van der Waals surface area contributed by atoms with Gasteiger partial charge in [-0.1, -0.05) is 33.1 Å². The molecule has 0 atom stereocenters. The van der Waals surface area contributed by atoms with E-state index in [1.54, 1.807) is 6.20 Å². The lowest BCUT2D eigenvalue weighted by Gasteiger charge is -2.33. The Balaban J connectivity index is 1.85. The number of carbonyl (C=O) groups is 1. The van der Waals surface area contributed by atoms with Gasteiger partial charge in [0.15, 0.2) is 0 Å². The van der Waals surface area contributed by atoms with E-state index < -0.39 is 0 Å². The minimum atomic E-state index is -0.0173. The molecule has 1 fully saturated rings. The zero-order valence-electron chi connectivity index (χ0n) is 13.2. The van der Waals surface area contributed by atoms with Crippen molar-refractivity contribution in [1.82, 2.24) is 10.3 Å². The van der Waals surface area contributed by atoms with Crippen molar-refractivity contribution in [1.29, 1.82) is 0 Å². The van der Waals surface area contributed by atoms with Gasteiger partial charge in [-0.15, -0.1) is 0 Å². The van der Waals surface area contributed by atoms with Crippen LogP contribution in [0.1, 0.15) is 62.7 Å². The van der Waals surface area contributed by atoms with Gasteiger partial charge in [0.2, 0.25) is 0 Å². The SMILES string of the molecule is CCCNc1ccc(C(=O)NCC2(C)CCCCC2)cn1. The first-order chi connectivity index (χ1) is 10.1. The van der Waals surface area contributed by atoms with Crippen molar-refractivity contribution in [3.8, 4) is 0 Å². The molecule has 0 bridgehead atoms. The monoisotopic (exact) mass is 289 g/mol. The van der Waals surface area contributed by atoms with Gasteiger partial charge in [0, 0.05) is 19.3 Å². The highest BCUT2D eigenvalue weighted by molar-refractivity contribution is 5.94. The number of hydrogen-bond donors (Lipinski definition) is 2. The molecule has 4 nitrogen and oxygen atoms in total. The van der Waals surface area contributed by atoms with Gasteiger partial charge < -0.3 is 10.6 Å². The predicted octanol–water partition coefficient (Wildman–Crippen LogP) is 3.60. The van der Waals surface area contributed by atoms with E-state index in [2.05, 4.69) is 29.5 Å². The van der Waals surface area contributed by atoms with Gasteiger partial charge in [-0.3, -0.25) is 4.79 Å². The smallest absolute Gasteiger partial charge is 0.252 e. The topological polar surface area (TPSA) is 54.0 Å². The minimum absolute atomic E-state index is 0.0173. The molecule has 2 rings (SSSR count). The molecule has 0 spiro atoms. The fourth-order valence-corrected chi connectivity index (χ4v) is 2.86. The lowest BCUT2D eigenvalue weighted by molar-refractivity contribution is 0.0919. The molecule has 1 saturated carbocycles. The van der Waals surface area contributed by atoms with Crippen molar-refractivity contribution in [2.45, 2.75) is 52.4 Å². The second-order valence-electron chi connectivity index (χ2n) is 6.41. The molecule has 0 aliphatic heterocycles. The molecule has 0 saturated heterocycles. The molecule has 1 aliphatic rings. The molecular formula is C17H27N3O. The third kappa shape index (κ3) is 4.73. The molecule has 1 aromatic heterocycles. The molecule has 1 aromatic rings. The van der Waals surface area contributed by atoms with Crippen LogP contribution in [-0.2, 0) is 0 Å². The second kappa shape index (κ2) is 7.43. The number of nitrogens with one attached hydrogen (secondary N) is 2. The lowest BCUT2D eigenvalue weighted by Crippen LogP contribution is -2.37. The average Bonchev–Trinajstić information content (AvgIpc) is 2.52. The minimum Gasteiger partial charge on any atom is -0.370 e. The van der Waals surface area contributed by atoms with Gasteiger partial charge >= 0.3 is 0 Å². The normalized spacial score (nSPS) is 17.2. The maximum absolute atomic E-state index is 12.2. The van der Waals surface area contributed by atoms with Crippen LogP contribution in [0, 0.1) is 5.41 Å². The van der Waals surface area contributed by atoms with Gasteiger partial charge in [0.25, 0.3) is 5.91 Å². The van der Waals surface area contributed by atoms with Crippen LogP contribution in [-0.4, -0.2) is 24.0 Å². The van der Waals surface area contributed by atoms with Crippen LogP contribution in [0.25, 0.3) is 0 Å². The molecule has 1 amide bonds. The van der Waals surface area contributed by atoms with Gasteiger partial charge in [-0.05, 0) is 36.8 Å². The number of anilines is 1. The molecule has 1 aliphatic carbocycles. The molecule has 1 heterocycles. The number of hydrogen-bond acceptors (Lipinski definition) is 3. The van der Waals surface area contributed by atoms with E-state index in [1.165, 1.54) is 32.1 Å². The van der Waals surface area contributed by atoms with E-state index in [1.807, 2.05) is 12.1 Å².